The summed E-state index contributed by atoms with van der Waals surface area (Å²) in [6, 6.07) is 0. The van der Waals surface area contributed by atoms with Gasteiger partial charge in [-0.2, -0.15) is 0 Å². The van der Waals surface area contributed by atoms with Crippen molar-refractivity contribution in [3.05, 3.63) is 72.9 Å². The fraction of sp³-hybridized carbons (Fsp3) is 0.714. The Morgan fingerprint density at radius 1 is 0.562 bits per heavy atom. The van der Waals surface area contributed by atoms with Crippen LogP contribution in [0.15, 0.2) is 72.9 Å². The van der Waals surface area contributed by atoms with Crippen molar-refractivity contribution >= 4 is 19.8 Å². The lowest BCUT2D eigenvalue weighted by molar-refractivity contribution is -0.220. The highest BCUT2D eigenvalue weighted by Crippen LogP contribution is 2.47. The average Bonchev–Trinajstić information content (AvgIpc) is 4.03. The van der Waals surface area contributed by atoms with Gasteiger partial charge in [0.05, 0.1) is 18.8 Å². The van der Waals surface area contributed by atoms with E-state index in [-0.39, 0.29) is 12.8 Å². The van der Waals surface area contributed by atoms with Crippen LogP contribution in [-0.4, -0.2) is 111 Å². The molecule has 0 aromatic heterocycles. The van der Waals surface area contributed by atoms with Crippen LogP contribution in [0.4, 0.5) is 0 Å². The number of aliphatic hydroxyl groups excluding tert-OH is 5. The molecule has 1 saturated heterocycles. The highest BCUT2D eigenvalue weighted by atomic mass is 31.2. The molecule has 366 valence electrons. The maximum atomic E-state index is 12.8. The van der Waals surface area contributed by atoms with Crippen LogP contribution in [0.5, 0.6) is 0 Å². The maximum Gasteiger partial charge on any atom is 0.472 e. The average molecular weight is 925 g/mol. The second kappa shape index (κ2) is 35.4. The second-order valence-electron chi connectivity index (χ2n) is 16.6. The van der Waals surface area contributed by atoms with Gasteiger partial charge in [0, 0.05) is 12.8 Å². The molecule has 0 aromatic rings. The number of phosphoric ester groups is 1. The molecule has 2 aliphatic rings. The number of ether oxygens (including phenoxy) is 3. The Hall–Kier alpha value is -2.75. The molecule has 64 heavy (non-hydrogen) atoms. The van der Waals surface area contributed by atoms with Crippen molar-refractivity contribution < 1.29 is 67.8 Å². The summed E-state index contributed by atoms with van der Waals surface area (Å²) in [4.78, 5) is 35.7. The molecule has 0 radical (unpaired) electrons. The van der Waals surface area contributed by atoms with Crippen LogP contribution in [0, 0.1) is 0 Å². The Bertz CT molecular complexity index is 1460. The van der Waals surface area contributed by atoms with Gasteiger partial charge in [0.1, 0.15) is 43.2 Å². The van der Waals surface area contributed by atoms with E-state index in [9.17, 15) is 44.6 Å². The molecule has 5 unspecified atom stereocenters. The van der Waals surface area contributed by atoms with E-state index >= 15 is 0 Å². The Morgan fingerprint density at radius 2 is 1.06 bits per heavy atom. The van der Waals surface area contributed by atoms with Crippen LogP contribution in [0.25, 0.3) is 0 Å². The predicted octanol–water partition coefficient (Wildman–Crippen LogP) is 8.49. The largest absolute Gasteiger partial charge is 0.472 e. The number of esters is 2. The minimum Gasteiger partial charge on any atom is -0.462 e. The Kier molecular flexibility index (Phi) is 31.8. The van der Waals surface area contributed by atoms with Gasteiger partial charge in [0.2, 0.25) is 0 Å². The molecule has 0 aromatic carbocycles. The monoisotopic (exact) mass is 925 g/mol. The lowest BCUT2D eigenvalue weighted by Gasteiger charge is -2.41. The SMILES string of the molecule is CCCCC/C=C\C/C=C\C/C=C\C/C=C\C/C=C\CCC(=O)O[C@H](COC(=O)CCCCCCC/C=C\CC1OC1CCCCC)COP(=O)(O)OC1[C@H](O)[C@H](O)C(O)[C@H](O)[C@H]1O. The summed E-state index contributed by atoms with van der Waals surface area (Å²) in [5, 5.41) is 50.2. The zero-order valence-corrected chi connectivity index (χ0v) is 39.4. The van der Waals surface area contributed by atoms with E-state index in [2.05, 4.69) is 68.5 Å². The first kappa shape index (κ1) is 57.4. The highest BCUT2D eigenvalue weighted by molar-refractivity contribution is 7.47. The van der Waals surface area contributed by atoms with E-state index in [1.165, 1.54) is 38.5 Å². The van der Waals surface area contributed by atoms with Crippen LogP contribution >= 0.6 is 7.82 Å². The van der Waals surface area contributed by atoms with Gasteiger partial charge in [-0.3, -0.25) is 18.6 Å². The minimum atomic E-state index is -5.15. The highest BCUT2D eigenvalue weighted by Gasteiger charge is 2.51. The van der Waals surface area contributed by atoms with Gasteiger partial charge in [0.25, 0.3) is 0 Å². The number of unbranched alkanes of at least 4 members (excludes halogenated alkanes) is 10. The summed E-state index contributed by atoms with van der Waals surface area (Å²) in [5.41, 5.74) is 0. The Labute approximate surface area is 382 Å². The summed E-state index contributed by atoms with van der Waals surface area (Å²) in [5.74, 6) is -1.22. The summed E-state index contributed by atoms with van der Waals surface area (Å²) in [6.45, 7) is 3.15. The van der Waals surface area contributed by atoms with Gasteiger partial charge in [-0.15, -0.1) is 0 Å². The van der Waals surface area contributed by atoms with Gasteiger partial charge in [-0.05, 0) is 77.0 Å². The molecule has 15 heteroatoms. The molecule has 14 nitrogen and oxygen atoms in total. The molecule has 1 aliphatic heterocycles. The number of epoxide rings is 1. The number of carbonyl (C=O) groups excluding carboxylic acids is 2. The molecule has 2 fully saturated rings. The number of phosphoric acid groups is 1. The van der Waals surface area contributed by atoms with Crippen molar-refractivity contribution in [2.75, 3.05) is 13.2 Å². The minimum absolute atomic E-state index is 0.0360. The van der Waals surface area contributed by atoms with Crippen molar-refractivity contribution in [2.24, 2.45) is 0 Å². The molecule has 1 aliphatic carbocycles. The third-order valence-corrected chi connectivity index (χ3v) is 11.9. The van der Waals surface area contributed by atoms with Gasteiger partial charge < -0.3 is 44.6 Å². The van der Waals surface area contributed by atoms with Gasteiger partial charge >= 0.3 is 19.8 Å². The van der Waals surface area contributed by atoms with Crippen molar-refractivity contribution in [2.45, 2.75) is 210 Å². The van der Waals surface area contributed by atoms with Gasteiger partial charge in [-0.1, -0.05) is 138 Å². The standard InChI is InChI=1S/C49H81O14P/c1-3-5-7-8-9-10-11-12-13-14-15-16-17-18-19-20-25-28-32-36-43(51)61-39(38-60-64(57,58)63-49-47(55)45(53)44(52)46(54)48(49)56)37-59-42(50)35-31-27-24-22-21-23-26-30-34-41-40(62-41)33-29-6-4-2/h9-10,12-13,15-16,18-19,25-26,28,30,39-41,44-49,52-56H,3-8,11,14,17,20-24,27,29,31-38H2,1-2H3,(H,57,58)/b10-9-,13-12-,16-15-,19-18-,28-25-,30-26-/t39-,40?,41?,44?,45-,46+,47-,48-,49?/m1/s1. The van der Waals surface area contributed by atoms with Crippen molar-refractivity contribution in [3.63, 3.8) is 0 Å². The molecular formula is C49H81O14P. The molecule has 10 atom stereocenters. The first-order valence-electron chi connectivity index (χ1n) is 23.9. The molecule has 1 heterocycles. The zero-order valence-electron chi connectivity index (χ0n) is 38.5. The maximum absolute atomic E-state index is 12.8. The zero-order chi connectivity index (χ0) is 46.8. The normalized spacial score (nSPS) is 25.4. The first-order chi connectivity index (χ1) is 30.9. The third kappa shape index (κ3) is 27.0. The van der Waals surface area contributed by atoms with Crippen LogP contribution < -0.4 is 0 Å². The molecule has 0 amide bonds. The summed E-state index contributed by atoms with van der Waals surface area (Å²) < 4.78 is 39.2. The van der Waals surface area contributed by atoms with E-state index in [4.69, 9.17) is 23.3 Å². The number of hydrogen-bond donors (Lipinski definition) is 6. The third-order valence-electron chi connectivity index (χ3n) is 11.0. The molecule has 0 spiro atoms. The van der Waals surface area contributed by atoms with Crippen molar-refractivity contribution in [3.8, 4) is 0 Å². The topological polar surface area (TPSA) is 222 Å². The van der Waals surface area contributed by atoms with Crippen LogP contribution in [0.3, 0.4) is 0 Å². The van der Waals surface area contributed by atoms with E-state index in [0.717, 1.165) is 70.6 Å². The Balaban J connectivity index is 1.74. The van der Waals surface area contributed by atoms with Crippen LogP contribution in [-0.2, 0) is 37.4 Å². The number of carbonyl (C=O) groups is 2. The molecular weight excluding hydrogens is 843 g/mol. The summed E-state index contributed by atoms with van der Waals surface area (Å²) in [6.07, 6.45) is 32.8. The smallest absolute Gasteiger partial charge is 0.462 e. The summed E-state index contributed by atoms with van der Waals surface area (Å²) >= 11 is 0. The number of rotatable bonds is 37. The fourth-order valence-electron chi connectivity index (χ4n) is 6.98. The fourth-order valence-corrected chi connectivity index (χ4v) is 7.95. The van der Waals surface area contributed by atoms with Gasteiger partial charge in [-0.25, -0.2) is 4.57 Å². The van der Waals surface area contributed by atoms with Crippen molar-refractivity contribution in [1.82, 2.24) is 0 Å². The second-order valence-corrected chi connectivity index (χ2v) is 18.0. The van der Waals surface area contributed by atoms with Crippen molar-refractivity contribution in [1.29, 1.82) is 0 Å². The predicted molar refractivity (Wildman–Crippen MR) is 248 cm³/mol. The van der Waals surface area contributed by atoms with Crippen LogP contribution in [0.2, 0.25) is 0 Å². The molecule has 1 saturated carbocycles. The lowest BCUT2D eigenvalue weighted by Crippen LogP contribution is -2.64. The number of aliphatic hydroxyl groups is 5. The first-order valence-corrected chi connectivity index (χ1v) is 25.4. The van der Waals surface area contributed by atoms with E-state index < -0.39 is 75.7 Å². The van der Waals surface area contributed by atoms with Gasteiger partial charge in [0.15, 0.2) is 6.10 Å². The van der Waals surface area contributed by atoms with Crippen LogP contribution in [0.1, 0.15) is 155 Å². The quantitative estimate of drug-likeness (QED) is 0.0113. The molecule has 0 bridgehead atoms. The molecule has 6 N–H and O–H groups in total. The Morgan fingerprint density at radius 3 is 1.67 bits per heavy atom. The summed E-state index contributed by atoms with van der Waals surface area (Å²) in [7, 11) is -5.15. The van der Waals surface area contributed by atoms with E-state index in [1.807, 2.05) is 18.2 Å². The number of allylic oxidation sites excluding steroid dienone is 11. The van der Waals surface area contributed by atoms with E-state index in [0.29, 0.717) is 31.5 Å². The number of hydrogen-bond acceptors (Lipinski definition) is 13. The van der Waals surface area contributed by atoms with E-state index in [1.54, 1.807) is 0 Å². The lowest BCUT2D eigenvalue weighted by atomic mass is 9.85. The molecule has 2 rings (SSSR count).